The van der Waals surface area contributed by atoms with Crippen LogP contribution in [0, 0.1) is 13.8 Å². The van der Waals surface area contributed by atoms with Crippen LogP contribution in [0.15, 0.2) is 54.6 Å². The van der Waals surface area contributed by atoms with E-state index < -0.39 is 0 Å². The zero-order valence-corrected chi connectivity index (χ0v) is 22.0. The van der Waals surface area contributed by atoms with Crippen molar-refractivity contribution in [3.05, 3.63) is 71.3 Å². The molecular formula is C31H43N. The molecule has 0 atom stereocenters. The quantitative estimate of drug-likeness (QED) is 0.208. The Labute approximate surface area is 196 Å². The summed E-state index contributed by atoms with van der Waals surface area (Å²) in [4.78, 5) is 0. The van der Waals surface area contributed by atoms with Crippen LogP contribution in [0.5, 0.6) is 0 Å². The van der Waals surface area contributed by atoms with Gasteiger partial charge in [0.05, 0.1) is 0 Å². The van der Waals surface area contributed by atoms with Crippen LogP contribution in [-0.2, 0) is 6.42 Å². The predicted molar refractivity (Wildman–Crippen MR) is 151 cm³/mol. The molecule has 0 fully saturated rings. The normalized spacial score (nSPS) is 9.84. The molecule has 0 heterocycles. The van der Waals surface area contributed by atoms with Gasteiger partial charge in [0.15, 0.2) is 0 Å². The van der Waals surface area contributed by atoms with Crippen LogP contribution in [0.2, 0.25) is 0 Å². The molecule has 0 unspecified atom stereocenters. The molecule has 5 rings (SSSR count). The molecule has 1 heteroatoms. The number of nitrogens with two attached hydrogens (primary N) is 1. The van der Waals surface area contributed by atoms with Crippen LogP contribution in [0.3, 0.4) is 0 Å². The molecule has 0 radical (unpaired) electrons. The lowest BCUT2D eigenvalue weighted by molar-refractivity contribution is 1.15. The van der Waals surface area contributed by atoms with Crippen molar-refractivity contribution >= 4 is 43.1 Å². The van der Waals surface area contributed by atoms with Crippen LogP contribution in [0.4, 0.5) is 0 Å². The van der Waals surface area contributed by atoms with Crippen molar-refractivity contribution in [1.29, 1.82) is 0 Å². The second kappa shape index (κ2) is 13.0. The van der Waals surface area contributed by atoms with Crippen LogP contribution in [0.1, 0.15) is 65.2 Å². The Morgan fingerprint density at radius 2 is 1.03 bits per heavy atom. The summed E-state index contributed by atoms with van der Waals surface area (Å²) in [7, 11) is 1.50. The van der Waals surface area contributed by atoms with E-state index in [4.69, 9.17) is 0 Å². The van der Waals surface area contributed by atoms with Crippen molar-refractivity contribution in [2.75, 3.05) is 7.05 Å². The summed E-state index contributed by atoms with van der Waals surface area (Å²) in [5.41, 5.74) is 8.59. The lowest BCUT2D eigenvalue weighted by Crippen LogP contribution is -1.91. The average Bonchev–Trinajstić information content (AvgIpc) is 2.86. The van der Waals surface area contributed by atoms with Gasteiger partial charge in [-0.05, 0) is 87.1 Å². The molecule has 1 nitrogen and oxygen atoms in total. The minimum absolute atomic E-state index is 1.07. The van der Waals surface area contributed by atoms with E-state index in [0.29, 0.717) is 0 Å². The Morgan fingerprint density at radius 1 is 0.562 bits per heavy atom. The summed E-state index contributed by atoms with van der Waals surface area (Å²) in [6.45, 7) is 18.7. The fourth-order valence-corrected chi connectivity index (χ4v) is 4.37. The predicted octanol–water partition coefficient (Wildman–Crippen LogP) is 9.57. The third-order valence-electron chi connectivity index (χ3n) is 5.36. The van der Waals surface area contributed by atoms with Crippen molar-refractivity contribution in [1.82, 2.24) is 0 Å². The van der Waals surface area contributed by atoms with Crippen LogP contribution in [0.25, 0.3) is 43.1 Å². The van der Waals surface area contributed by atoms with E-state index in [2.05, 4.69) is 81.1 Å². The lowest BCUT2D eigenvalue weighted by atomic mass is 9.87. The highest BCUT2D eigenvalue weighted by molar-refractivity contribution is 6.33. The fourth-order valence-electron chi connectivity index (χ4n) is 4.37. The molecule has 0 amide bonds. The van der Waals surface area contributed by atoms with Crippen LogP contribution in [-0.4, -0.2) is 7.05 Å². The fraction of sp³-hybridized carbons (Fsp3) is 0.355. The van der Waals surface area contributed by atoms with Gasteiger partial charge in [-0.15, -0.1) is 0 Å². The second-order valence-corrected chi connectivity index (χ2v) is 7.12. The lowest BCUT2D eigenvalue weighted by Gasteiger charge is -2.17. The van der Waals surface area contributed by atoms with Gasteiger partial charge >= 0.3 is 0 Å². The van der Waals surface area contributed by atoms with Gasteiger partial charge in [0.2, 0.25) is 0 Å². The van der Waals surface area contributed by atoms with Crippen LogP contribution < -0.4 is 5.73 Å². The summed E-state index contributed by atoms with van der Waals surface area (Å²) in [6.07, 6.45) is 1.07. The minimum Gasteiger partial charge on any atom is -0.333 e. The SMILES string of the molecule is CC.CC.CC.CCc1cc2cc(C)cc3c4cccc5cc(C)cc(c(c1)c23)c54.CN. The zero-order valence-electron chi connectivity index (χ0n) is 22.0. The van der Waals surface area contributed by atoms with Gasteiger partial charge in [-0.2, -0.15) is 0 Å². The Morgan fingerprint density at radius 3 is 1.59 bits per heavy atom. The number of rotatable bonds is 1. The van der Waals surface area contributed by atoms with E-state index in [9.17, 15) is 0 Å². The smallest absolute Gasteiger partial charge is 0.00260 e. The van der Waals surface area contributed by atoms with Crippen molar-refractivity contribution in [2.24, 2.45) is 5.73 Å². The molecule has 5 aromatic carbocycles. The first-order chi connectivity index (χ1) is 15.7. The van der Waals surface area contributed by atoms with Gasteiger partial charge in [-0.1, -0.05) is 103 Å². The molecule has 172 valence electrons. The third-order valence-corrected chi connectivity index (χ3v) is 5.36. The van der Waals surface area contributed by atoms with Gasteiger partial charge in [0.1, 0.15) is 0 Å². The Bertz CT molecular complexity index is 1250. The highest BCUT2D eigenvalue weighted by Crippen LogP contribution is 2.41. The molecule has 0 spiro atoms. The Balaban J connectivity index is 0.000000581. The van der Waals surface area contributed by atoms with Gasteiger partial charge < -0.3 is 5.73 Å². The molecular weight excluding hydrogens is 386 g/mol. The Kier molecular flexibility index (Phi) is 11.2. The van der Waals surface area contributed by atoms with Crippen molar-refractivity contribution in [3.63, 3.8) is 0 Å². The number of aryl methyl sites for hydroxylation is 3. The van der Waals surface area contributed by atoms with E-state index in [1.54, 1.807) is 0 Å². The standard InChI is InChI=1S/C24H20.3C2H6.CH5N/c1-4-16-12-18-9-15(3)10-20-19-7-5-6-17-8-14(2)11-21(23(17)19)22(13-16)24(18)20;4*1-2/h5-13H,4H2,1-3H3;3*1-2H3;2H2,1H3. The van der Waals surface area contributed by atoms with E-state index in [-0.39, 0.29) is 0 Å². The van der Waals surface area contributed by atoms with Crippen molar-refractivity contribution in [2.45, 2.75) is 68.7 Å². The average molecular weight is 430 g/mol. The molecule has 0 bridgehead atoms. The third kappa shape index (κ3) is 5.05. The van der Waals surface area contributed by atoms with E-state index in [1.807, 2.05) is 41.5 Å². The highest BCUT2D eigenvalue weighted by Gasteiger charge is 2.14. The van der Waals surface area contributed by atoms with Gasteiger partial charge in [0, 0.05) is 0 Å². The molecule has 0 saturated heterocycles. The van der Waals surface area contributed by atoms with Gasteiger partial charge in [-0.3, -0.25) is 0 Å². The number of benzene rings is 5. The van der Waals surface area contributed by atoms with Gasteiger partial charge in [-0.25, -0.2) is 0 Å². The number of hydrogen-bond donors (Lipinski definition) is 1. The first kappa shape index (κ1) is 27.4. The number of hydrogen-bond acceptors (Lipinski definition) is 1. The topological polar surface area (TPSA) is 26.0 Å². The molecule has 0 aliphatic carbocycles. The molecule has 5 aromatic rings. The van der Waals surface area contributed by atoms with E-state index in [0.717, 1.165) is 6.42 Å². The molecule has 2 N–H and O–H groups in total. The second-order valence-electron chi connectivity index (χ2n) is 7.12. The van der Waals surface area contributed by atoms with Crippen molar-refractivity contribution < 1.29 is 0 Å². The van der Waals surface area contributed by atoms with Crippen LogP contribution >= 0.6 is 0 Å². The summed E-state index contributed by atoms with van der Waals surface area (Å²) < 4.78 is 0. The molecule has 0 aliphatic rings. The number of fused-ring (bicyclic) bond motifs is 2. The molecule has 0 aromatic heterocycles. The zero-order chi connectivity index (χ0) is 24.4. The highest BCUT2D eigenvalue weighted by atomic mass is 14.4. The summed E-state index contributed by atoms with van der Waals surface area (Å²) in [5.74, 6) is 0. The molecule has 0 aliphatic heterocycles. The van der Waals surface area contributed by atoms with E-state index >= 15 is 0 Å². The molecule has 32 heavy (non-hydrogen) atoms. The van der Waals surface area contributed by atoms with Crippen molar-refractivity contribution in [3.8, 4) is 0 Å². The molecule has 0 saturated carbocycles. The summed E-state index contributed by atoms with van der Waals surface area (Å²) in [6, 6.07) is 20.9. The monoisotopic (exact) mass is 429 g/mol. The first-order valence-corrected chi connectivity index (χ1v) is 12.3. The largest absolute Gasteiger partial charge is 0.333 e. The van der Waals surface area contributed by atoms with Gasteiger partial charge in [0.25, 0.3) is 0 Å². The summed E-state index contributed by atoms with van der Waals surface area (Å²) in [5, 5.41) is 11.1. The maximum Gasteiger partial charge on any atom is -0.00260 e. The minimum atomic E-state index is 1.07. The maximum atomic E-state index is 4.50. The Hall–Kier alpha value is -2.64. The van der Waals surface area contributed by atoms with E-state index in [1.165, 1.54) is 66.8 Å². The maximum absolute atomic E-state index is 4.50. The summed E-state index contributed by atoms with van der Waals surface area (Å²) >= 11 is 0. The first-order valence-electron chi connectivity index (χ1n) is 12.3.